The Balaban J connectivity index is 2.22. The molecular weight excluding hydrogens is 362 g/mol. The second kappa shape index (κ2) is 8.14. The third-order valence-electron chi connectivity index (χ3n) is 2.71. The number of amides is 1. The number of carbonyl (C=O) groups excluding carboxylic acids is 2. The molecule has 0 aliphatic heterocycles. The van der Waals surface area contributed by atoms with Gasteiger partial charge in [-0.05, 0) is 39.7 Å². The smallest absolute Gasteiger partial charge is 0.355 e. The van der Waals surface area contributed by atoms with Crippen LogP contribution in [0.25, 0.3) is 6.08 Å². The number of esters is 1. The molecule has 0 aliphatic carbocycles. The Morgan fingerprint density at radius 3 is 2.57 bits per heavy atom. The Hall–Kier alpha value is -2.60. The summed E-state index contributed by atoms with van der Waals surface area (Å²) in [5, 5.41) is 2.50. The Morgan fingerprint density at radius 2 is 1.96 bits per heavy atom. The van der Waals surface area contributed by atoms with Gasteiger partial charge >= 0.3 is 5.97 Å². The molecule has 0 saturated carbocycles. The van der Waals surface area contributed by atoms with Gasteiger partial charge in [0.05, 0.1) is 0 Å². The average molecular weight is 376 g/mol. The van der Waals surface area contributed by atoms with E-state index >= 15 is 0 Å². The third kappa shape index (κ3) is 4.96. The highest BCUT2D eigenvalue weighted by atomic mass is 79.9. The number of hydrogen-bond donors (Lipinski definition) is 1. The van der Waals surface area contributed by atoms with Crippen molar-refractivity contribution in [1.82, 2.24) is 5.32 Å². The zero-order chi connectivity index (χ0) is 16.7. The zero-order valence-electron chi connectivity index (χ0n) is 12.1. The molecule has 118 valence electrons. The predicted octanol–water partition coefficient (Wildman–Crippen LogP) is 3.54. The monoisotopic (exact) mass is 375 g/mol. The minimum absolute atomic E-state index is 0.00979. The first-order valence-electron chi connectivity index (χ1n) is 6.71. The highest BCUT2D eigenvalue weighted by Gasteiger charge is 2.17. The summed E-state index contributed by atoms with van der Waals surface area (Å²) >= 11 is 3.12. The van der Waals surface area contributed by atoms with E-state index in [2.05, 4.69) is 27.8 Å². The maximum Gasteiger partial charge on any atom is 0.355 e. The molecule has 0 atom stereocenters. The van der Waals surface area contributed by atoms with E-state index in [1.54, 1.807) is 18.2 Å². The molecule has 0 aliphatic rings. The number of rotatable bonds is 6. The van der Waals surface area contributed by atoms with Crippen LogP contribution in [0.3, 0.4) is 0 Å². The van der Waals surface area contributed by atoms with E-state index in [0.29, 0.717) is 4.67 Å². The molecule has 5 nitrogen and oxygen atoms in total. The molecule has 1 heterocycles. The van der Waals surface area contributed by atoms with E-state index in [4.69, 9.17) is 9.15 Å². The summed E-state index contributed by atoms with van der Waals surface area (Å²) in [6.45, 7) is 3.53. The fraction of sp³-hybridized carbons (Fsp3) is 0.0588. The normalized spacial score (nSPS) is 10.9. The Morgan fingerprint density at radius 1 is 1.22 bits per heavy atom. The Kier molecular flexibility index (Phi) is 5.94. The molecule has 0 unspecified atom stereocenters. The largest absolute Gasteiger partial charge is 0.457 e. The van der Waals surface area contributed by atoms with Crippen molar-refractivity contribution in [3.8, 4) is 0 Å². The maximum atomic E-state index is 12.1. The molecule has 0 fully saturated rings. The Bertz CT molecular complexity index is 734. The second-order valence-electron chi connectivity index (χ2n) is 4.41. The van der Waals surface area contributed by atoms with Gasteiger partial charge < -0.3 is 14.5 Å². The first-order valence-corrected chi connectivity index (χ1v) is 7.51. The fourth-order valence-corrected chi connectivity index (χ4v) is 2.00. The van der Waals surface area contributed by atoms with E-state index in [9.17, 15) is 9.59 Å². The van der Waals surface area contributed by atoms with Crippen LogP contribution in [0.1, 0.15) is 16.1 Å². The van der Waals surface area contributed by atoms with Gasteiger partial charge in [-0.15, -0.1) is 0 Å². The number of hydrogen-bond acceptors (Lipinski definition) is 4. The van der Waals surface area contributed by atoms with Crippen molar-refractivity contribution >= 4 is 33.9 Å². The molecule has 2 aromatic rings. The summed E-state index contributed by atoms with van der Waals surface area (Å²) in [4.78, 5) is 24.2. The minimum Gasteiger partial charge on any atom is -0.457 e. The van der Waals surface area contributed by atoms with Crippen LogP contribution >= 0.6 is 15.9 Å². The number of furan rings is 1. The molecule has 0 radical (unpaired) electrons. The predicted molar refractivity (Wildman–Crippen MR) is 89.4 cm³/mol. The van der Waals surface area contributed by atoms with Crippen molar-refractivity contribution in [2.24, 2.45) is 0 Å². The van der Waals surface area contributed by atoms with Crippen molar-refractivity contribution in [2.75, 3.05) is 6.61 Å². The van der Waals surface area contributed by atoms with Gasteiger partial charge in [0.15, 0.2) is 10.4 Å². The summed E-state index contributed by atoms with van der Waals surface area (Å²) in [7, 11) is 0. The molecule has 0 bridgehead atoms. The molecule has 23 heavy (non-hydrogen) atoms. The van der Waals surface area contributed by atoms with E-state index in [-0.39, 0.29) is 18.1 Å². The quantitative estimate of drug-likeness (QED) is 0.476. The number of benzene rings is 1. The number of halogens is 1. The van der Waals surface area contributed by atoms with Crippen LogP contribution in [0.4, 0.5) is 0 Å². The summed E-state index contributed by atoms with van der Waals surface area (Å²) < 4.78 is 10.6. The molecule has 1 amide bonds. The van der Waals surface area contributed by atoms with E-state index in [1.165, 1.54) is 18.2 Å². The molecule has 1 aromatic carbocycles. The van der Waals surface area contributed by atoms with Gasteiger partial charge in [0.25, 0.3) is 5.91 Å². The van der Waals surface area contributed by atoms with Crippen LogP contribution in [0.2, 0.25) is 0 Å². The van der Waals surface area contributed by atoms with Crippen molar-refractivity contribution in [2.45, 2.75) is 0 Å². The van der Waals surface area contributed by atoms with Crippen molar-refractivity contribution in [1.29, 1.82) is 0 Å². The zero-order valence-corrected chi connectivity index (χ0v) is 13.7. The molecular formula is C17H14BrNO4. The van der Waals surface area contributed by atoms with Crippen LogP contribution in [0.5, 0.6) is 0 Å². The van der Waals surface area contributed by atoms with E-state index in [1.807, 2.05) is 18.2 Å². The van der Waals surface area contributed by atoms with Gasteiger partial charge in [-0.25, -0.2) is 4.79 Å². The molecule has 6 heteroatoms. The molecule has 1 aromatic heterocycles. The van der Waals surface area contributed by atoms with Crippen LogP contribution in [0, 0.1) is 0 Å². The first-order chi connectivity index (χ1) is 11.1. The lowest BCUT2D eigenvalue weighted by Crippen LogP contribution is -2.28. The van der Waals surface area contributed by atoms with E-state index in [0.717, 1.165) is 5.56 Å². The summed E-state index contributed by atoms with van der Waals surface area (Å²) in [6, 6.07) is 12.2. The maximum absolute atomic E-state index is 12.1. The standard InChI is InChI=1S/C17H14BrNO4/c1-2-10-22-17(21)13(11-12-6-4-3-5-7-12)19-16(20)14-8-9-15(18)23-14/h2-9,11H,1,10H2,(H,19,20)/b13-11+. The second-order valence-corrected chi connectivity index (χ2v) is 5.20. The number of ether oxygens (including phenoxy) is 1. The minimum atomic E-state index is -0.660. The molecule has 1 N–H and O–H groups in total. The fourth-order valence-electron chi connectivity index (χ4n) is 1.69. The van der Waals surface area contributed by atoms with Crippen LogP contribution in [-0.2, 0) is 9.53 Å². The van der Waals surface area contributed by atoms with Gasteiger partial charge in [0.2, 0.25) is 0 Å². The van der Waals surface area contributed by atoms with Crippen LogP contribution in [-0.4, -0.2) is 18.5 Å². The van der Waals surface area contributed by atoms with Crippen LogP contribution in [0.15, 0.2) is 69.9 Å². The van der Waals surface area contributed by atoms with Gasteiger partial charge in [0, 0.05) is 0 Å². The SMILES string of the molecule is C=CCOC(=O)/C(=C\c1ccccc1)NC(=O)c1ccc(Br)o1. The van der Waals surface area contributed by atoms with Gasteiger partial charge in [0.1, 0.15) is 12.3 Å². The third-order valence-corrected chi connectivity index (χ3v) is 3.13. The van der Waals surface area contributed by atoms with Crippen molar-refractivity contribution < 1.29 is 18.7 Å². The lowest BCUT2D eigenvalue weighted by Gasteiger charge is -2.08. The highest BCUT2D eigenvalue weighted by molar-refractivity contribution is 9.10. The first kappa shape index (κ1) is 16.8. The highest BCUT2D eigenvalue weighted by Crippen LogP contribution is 2.15. The summed E-state index contributed by atoms with van der Waals surface area (Å²) in [5.41, 5.74) is 0.759. The number of carbonyl (C=O) groups is 2. The Labute approximate surface area is 141 Å². The van der Waals surface area contributed by atoms with Crippen molar-refractivity contribution in [3.05, 3.63) is 76.8 Å². The number of nitrogens with one attached hydrogen (secondary N) is 1. The summed E-state index contributed by atoms with van der Waals surface area (Å²) in [6.07, 6.45) is 2.98. The average Bonchev–Trinajstić information content (AvgIpc) is 2.99. The molecule has 0 saturated heterocycles. The summed E-state index contributed by atoms with van der Waals surface area (Å²) in [5.74, 6) is -1.13. The van der Waals surface area contributed by atoms with Gasteiger partial charge in [-0.2, -0.15) is 0 Å². The topological polar surface area (TPSA) is 68.5 Å². The van der Waals surface area contributed by atoms with Gasteiger partial charge in [-0.3, -0.25) is 4.79 Å². The van der Waals surface area contributed by atoms with Crippen molar-refractivity contribution in [3.63, 3.8) is 0 Å². The lowest BCUT2D eigenvalue weighted by atomic mass is 10.2. The lowest BCUT2D eigenvalue weighted by molar-refractivity contribution is -0.138. The van der Waals surface area contributed by atoms with E-state index < -0.39 is 11.9 Å². The molecule has 2 rings (SSSR count). The van der Waals surface area contributed by atoms with Gasteiger partial charge in [-0.1, -0.05) is 43.0 Å². The van der Waals surface area contributed by atoms with Crippen LogP contribution < -0.4 is 5.32 Å². The molecule has 0 spiro atoms.